The van der Waals surface area contributed by atoms with Crippen LogP contribution in [0.3, 0.4) is 0 Å². The molecule has 7 nitrogen and oxygen atoms in total. The molecule has 2 N–H and O–H groups in total. The molecule has 0 radical (unpaired) electrons. The van der Waals surface area contributed by atoms with Crippen molar-refractivity contribution in [1.82, 2.24) is 0 Å². The molecule has 8 heteroatoms. The SMILES string of the molecule is O=C(O)C(=CC=Cc1cc([N+](=O)[O-])ccc1Cl)C(=O)O. The van der Waals surface area contributed by atoms with Crippen LogP contribution in [-0.4, -0.2) is 27.1 Å². The van der Waals surface area contributed by atoms with E-state index in [2.05, 4.69) is 0 Å². The average molecular weight is 298 g/mol. The minimum atomic E-state index is -1.59. The molecule has 0 saturated carbocycles. The second kappa shape index (κ2) is 6.48. The third kappa shape index (κ3) is 3.92. The number of nitro groups is 1. The molecule has 1 aromatic carbocycles. The number of carboxylic acid groups (broad SMARTS) is 2. The van der Waals surface area contributed by atoms with Crippen LogP contribution in [-0.2, 0) is 9.59 Å². The summed E-state index contributed by atoms with van der Waals surface area (Å²) >= 11 is 5.81. The fourth-order valence-electron chi connectivity index (χ4n) is 1.25. The smallest absolute Gasteiger partial charge is 0.343 e. The molecular formula is C12H8ClNO6. The summed E-state index contributed by atoms with van der Waals surface area (Å²) in [7, 11) is 0. The standard InChI is InChI=1S/C12H8ClNO6/c13-10-5-4-8(14(19)20)6-7(10)2-1-3-9(11(15)16)12(17)18/h1-6H,(H,15,16)(H,17,18). The fraction of sp³-hybridized carbons (Fsp3) is 0. The van der Waals surface area contributed by atoms with E-state index in [1.165, 1.54) is 24.3 Å². The zero-order valence-corrected chi connectivity index (χ0v) is 10.6. The van der Waals surface area contributed by atoms with Gasteiger partial charge < -0.3 is 10.2 Å². The lowest BCUT2D eigenvalue weighted by Crippen LogP contribution is -2.10. The van der Waals surface area contributed by atoms with Gasteiger partial charge in [-0.2, -0.15) is 0 Å². The summed E-state index contributed by atoms with van der Waals surface area (Å²) in [5, 5.41) is 28.0. The summed E-state index contributed by atoms with van der Waals surface area (Å²) in [6, 6.07) is 3.72. The molecule has 0 aliphatic carbocycles. The number of nitrogens with zero attached hydrogens (tertiary/aromatic N) is 1. The van der Waals surface area contributed by atoms with Gasteiger partial charge in [-0.25, -0.2) is 9.59 Å². The minimum absolute atomic E-state index is 0.185. The van der Waals surface area contributed by atoms with Gasteiger partial charge in [0.1, 0.15) is 5.57 Å². The first-order valence-electron chi connectivity index (χ1n) is 5.12. The van der Waals surface area contributed by atoms with Gasteiger partial charge in [-0.05, 0) is 17.7 Å². The quantitative estimate of drug-likeness (QED) is 0.215. The molecule has 1 rings (SSSR count). The number of allylic oxidation sites excluding steroid dienone is 2. The van der Waals surface area contributed by atoms with E-state index in [-0.39, 0.29) is 16.3 Å². The van der Waals surface area contributed by atoms with E-state index < -0.39 is 22.4 Å². The number of hydrogen-bond donors (Lipinski definition) is 2. The van der Waals surface area contributed by atoms with E-state index >= 15 is 0 Å². The maximum atomic E-state index is 10.6. The van der Waals surface area contributed by atoms with Crippen LogP contribution in [0.25, 0.3) is 6.08 Å². The van der Waals surface area contributed by atoms with Gasteiger partial charge >= 0.3 is 11.9 Å². The monoisotopic (exact) mass is 297 g/mol. The van der Waals surface area contributed by atoms with Crippen LogP contribution in [0.4, 0.5) is 5.69 Å². The number of rotatable bonds is 5. The van der Waals surface area contributed by atoms with Gasteiger partial charge in [-0.15, -0.1) is 0 Å². The summed E-state index contributed by atoms with van der Waals surface area (Å²) in [6.45, 7) is 0. The molecule has 1 aromatic rings. The Hall–Kier alpha value is -2.67. The zero-order valence-electron chi connectivity index (χ0n) is 9.82. The molecule has 0 aromatic heterocycles. The molecule has 0 unspecified atom stereocenters. The van der Waals surface area contributed by atoms with Gasteiger partial charge in [0.15, 0.2) is 0 Å². The van der Waals surface area contributed by atoms with Crippen LogP contribution in [0.1, 0.15) is 5.56 Å². The Labute approximate surface area is 117 Å². The van der Waals surface area contributed by atoms with Gasteiger partial charge in [0.05, 0.1) is 4.92 Å². The highest BCUT2D eigenvalue weighted by Gasteiger charge is 2.14. The van der Waals surface area contributed by atoms with Gasteiger partial charge in [0.25, 0.3) is 5.69 Å². The summed E-state index contributed by atoms with van der Waals surface area (Å²) in [4.78, 5) is 31.2. The molecule has 0 aliphatic heterocycles. The number of hydrogen-bond acceptors (Lipinski definition) is 4. The van der Waals surface area contributed by atoms with Gasteiger partial charge in [0, 0.05) is 17.2 Å². The van der Waals surface area contributed by atoms with Crippen molar-refractivity contribution in [3.63, 3.8) is 0 Å². The lowest BCUT2D eigenvalue weighted by atomic mass is 10.1. The van der Waals surface area contributed by atoms with Gasteiger partial charge in [-0.3, -0.25) is 10.1 Å². The Morgan fingerprint density at radius 1 is 1.25 bits per heavy atom. The molecule has 0 heterocycles. The first-order chi connectivity index (χ1) is 9.32. The summed E-state index contributed by atoms with van der Waals surface area (Å²) in [6.07, 6.45) is 3.28. The zero-order chi connectivity index (χ0) is 15.3. The number of halogens is 1. The summed E-state index contributed by atoms with van der Waals surface area (Å²) in [5.41, 5.74) is -0.746. The van der Waals surface area contributed by atoms with Crippen LogP contribution in [0.15, 0.2) is 35.9 Å². The first-order valence-corrected chi connectivity index (χ1v) is 5.49. The molecule has 0 bridgehead atoms. The van der Waals surface area contributed by atoms with E-state index in [9.17, 15) is 19.7 Å². The van der Waals surface area contributed by atoms with Crippen molar-refractivity contribution in [2.24, 2.45) is 0 Å². The number of nitro benzene ring substituents is 1. The van der Waals surface area contributed by atoms with E-state index in [0.29, 0.717) is 0 Å². The maximum Gasteiger partial charge on any atom is 0.343 e. The third-order valence-electron chi connectivity index (χ3n) is 2.19. The van der Waals surface area contributed by atoms with E-state index in [1.807, 2.05) is 0 Å². The molecule has 0 amide bonds. The fourth-order valence-corrected chi connectivity index (χ4v) is 1.44. The number of non-ortho nitro benzene ring substituents is 1. The molecule has 0 saturated heterocycles. The number of carbonyl (C=O) groups is 2. The Morgan fingerprint density at radius 2 is 1.85 bits per heavy atom. The first kappa shape index (κ1) is 15.4. The molecule has 0 fully saturated rings. The van der Waals surface area contributed by atoms with Crippen molar-refractivity contribution in [1.29, 1.82) is 0 Å². The Balaban J connectivity index is 3.09. The van der Waals surface area contributed by atoms with E-state index in [4.69, 9.17) is 21.8 Å². The molecule has 0 aliphatic rings. The van der Waals surface area contributed by atoms with Crippen molar-refractivity contribution in [2.75, 3.05) is 0 Å². The van der Waals surface area contributed by atoms with Gasteiger partial charge in [-0.1, -0.05) is 23.8 Å². The highest BCUT2D eigenvalue weighted by molar-refractivity contribution is 6.32. The van der Waals surface area contributed by atoms with Gasteiger partial charge in [0.2, 0.25) is 0 Å². The Morgan fingerprint density at radius 3 is 2.35 bits per heavy atom. The molecule has 104 valence electrons. The normalized spacial score (nSPS) is 10.2. The minimum Gasteiger partial charge on any atom is -0.477 e. The maximum absolute atomic E-state index is 10.6. The highest BCUT2D eigenvalue weighted by Crippen LogP contribution is 2.23. The van der Waals surface area contributed by atoms with Crippen LogP contribution in [0, 0.1) is 10.1 Å². The van der Waals surface area contributed by atoms with E-state index in [0.717, 1.165) is 12.2 Å². The predicted octanol–water partition coefficient (Wildman–Crippen LogP) is 2.36. The van der Waals surface area contributed by atoms with Crippen LogP contribution >= 0.6 is 11.6 Å². The summed E-state index contributed by atoms with van der Waals surface area (Å²) < 4.78 is 0. The summed E-state index contributed by atoms with van der Waals surface area (Å²) in [5.74, 6) is -3.18. The van der Waals surface area contributed by atoms with Crippen molar-refractivity contribution in [2.45, 2.75) is 0 Å². The van der Waals surface area contributed by atoms with Crippen molar-refractivity contribution < 1.29 is 24.7 Å². The second-order valence-electron chi connectivity index (χ2n) is 3.51. The van der Waals surface area contributed by atoms with Crippen LogP contribution < -0.4 is 0 Å². The van der Waals surface area contributed by atoms with Crippen molar-refractivity contribution in [3.05, 3.63) is 56.6 Å². The number of aliphatic carboxylic acids is 2. The second-order valence-corrected chi connectivity index (χ2v) is 3.92. The van der Waals surface area contributed by atoms with E-state index in [1.54, 1.807) is 0 Å². The third-order valence-corrected chi connectivity index (χ3v) is 2.53. The van der Waals surface area contributed by atoms with Crippen molar-refractivity contribution in [3.8, 4) is 0 Å². The largest absolute Gasteiger partial charge is 0.477 e. The average Bonchev–Trinajstić information content (AvgIpc) is 2.35. The number of benzene rings is 1. The molecular weight excluding hydrogens is 290 g/mol. The molecule has 0 atom stereocenters. The Kier molecular flexibility index (Phi) is 4.99. The topological polar surface area (TPSA) is 118 Å². The van der Waals surface area contributed by atoms with Crippen LogP contribution in [0.2, 0.25) is 5.02 Å². The highest BCUT2D eigenvalue weighted by atomic mass is 35.5. The lowest BCUT2D eigenvalue weighted by Gasteiger charge is -1.98. The number of carboxylic acids is 2. The van der Waals surface area contributed by atoms with Crippen molar-refractivity contribution >= 4 is 35.3 Å². The lowest BCUT2D eigenvalue weighted by molar-refractivity contribution is -0.384. The van der Waals surface area contributed by atoms with Crippen LogP contribution in [0.5, 0.6) is 0 Å². The Bertz CT molecular complexity index is 619. The molecule has 20 heavy (non-hydrogen) atoms. The predicted molar refractivity (Wildman–Crippen MR) is 70.5 cm³/mol. The molecule has 0 spiro atoms.